The Balaban J connectivity index is 2.05. The molecule has 0 saturated heterocycles. The first-order valence-electron chi connectivity index (χ1n) is 5.97. The Kier molecular flexibility index (Phi) is 6.34. The second-order valence-corrected chi connectivity index (χ2v) is 5.15. The van der Waals surface area contributed by atoms with Gasteiger partial charge in [-0.25, -0.2) is 4.98 Å². The van der Waals surface area contributed by atoms with Crippen LogP contribution in [0.1, 0.15) is 36.9 Å². The molecule has 16 heavy (non-hydrogen) atoms. The fraction of sp³-hybridized carbons (Fsp3) is 0.615. The summed E-state index contributed by atoms with van der Waals surface area (Å²) in [6.07, 6.45) is 6.53. The molecule has 0 spiro atoms. The Bertz CT molecular complexity index is 307. The molecular weight excluding hydrogens is 216 g/mol. The van der Waals surface area contributed by atoms with Crippen LogP contribution in [0, 0.1) is 6.92 Å². The van der Waals surface area contributed by atoms with Gasteiger partial charge in [-0.2, -0.15) is 0 Å². The van der Waals surface area contributed by atoms with Crippen LogP contribution in [0.2, 0.25) is 0 Å². The number of nitrogens with one attached hydrogen (secondary N) is 1. The molecule has 90 valence electrons. The van der Waals surface area contributed by atoms with E-state index < -0.39 is 0 Å². The highest BCUT2D eigenvalue weighted by molar-refractivity contribution is 7.09. The summed E-state index contributed by atoms with van der Waals surface area (Å²) in [6, 6.07) is 0.594. The van der Waals surface area contributed by atoms with E-state index in [1.807, 2.05) is 6.08 Å². The Morgan fingerprint density at radius 1 is 1.62 bits per heavy atom. The quantitative estimate of drug-likeness (QED) is 0.555. The lowest BCUT2D eigenvalue weighted by Crippen LogP contribution is -2.27. The van der Waals surface area contributed by atoms with Gasteiger partial charge in [-0.3, -0.25) is 0 Å². The number of rotatable bonds is 8. The highest BCUT2D eigenvalue weighted by Crippen LogP contribution is 2.10. The van der Waals surface area contributed by atoms with E-state index in [1.54, 1.807) is 11.3 Å². The van der Waals surface area contributed by atoms with Crippen molar-refractivity contribution in [3.63, 3.8) is 0 Å². The van der Waals surface area contributed by atoms with E-state index in [2.05, 4.69) is 36.1 Å². The minimum Gasteiger partial charge on any atom is -0.314 e. The lowest BCUT2D eigenvalue weighted by Gasteiger charge is -2.11. The Morgan fingerprint density at radius 3 is 3.06 bits per heavy atom. The predicted molar refractivity (Wildman–Crippen MR) is 72.1 cm³/mol. The van der Waals surface area contributed by atoms with Crippen molar-refractivity contribution in [2.45, 2.75) is 45.6 Å². The third-order valence-corrected chi connectivity index (χ3v) is 3.56. The zero-order valence-electron chi connectivity index (χ0n) is 10.3. The predicted octanol–water partition coefficient (Wildman–Crippen LogP) is 3.33. The summed E-state index contributed by atoms with van der Waals surface area (Å²) in [6.45, 7) is 9.10. The van der Waals surface area contributed by atoms with Gasteiger partial charge in [0, 0.05) is 23.5 Å². The average Bonchev–Trinajstić information content (AvgIpc) is 2.67. The number of thiazole rings is 1. The highest BCUT2D eigenvalue weighted by atomic mass is 32.1. The maximum atomic E-state index is 4.45. The first-order chi connectivity index (χ1) is 7.72. The molecule has 0 saturated carbocycles. The second kappa shape index (κ2) is 7.58. The van der Waals surface area contributed by atoms with Crippen LogP contribution in [0.4, 0.5) is 0 Å². The van der Waals surface area contributed by atoms with Crippen molar-refractivity contribution < 1.29 is 0 Å². The van der Waals surface area contributed by atoms with Crippen LogP contribution in [0.25, 0.3) is 0 Å². The molecule has 2 nitrogen and oxygen atoms in total. The van der Waals surface area contributed by atoms with Gasteiger partial charge < -0.3 is 5.32 Å². The summed E-state index contributed by atoms with van der Waals surface area (Å²) >= 11 is 1.77. The SMILES string of the molecule is C=CCCC(C)NCCCc1nc(C)cs1. The van der Waals surface area contributed by atoms with E-state index in [0.29, 0.717) is 6.04 Å². The molecule has 0 aromatic carbocycles. The summed E-state index contributed by atoms with van der Waals surface area (Å²) < 4.78 is 0. The topological polar surface area (TPSA) is 24.9 Å². The largest absolute Gasteiger partial charge is 0.314 e. The molecule has 0 fully saturated rings. The van der Waals surface area contributed by atoms with E-state index in [-0.39, 0.29) is 0 Å². The molecule has 1 aromatic rings. The molecule has 0 radical (unpaired) electrons. The van der Waals surface area contributed by atoms with Crippen LogP contribution < -0.4 is 5.32 Å². The summed E-state index contributed by atoms with van der Waals surface area (Å²) in [5.41, 5.74) is 1.15. The summed E-state index contributed by atoms with van der Waals surface area (Å²) in [4.78, 5) is 4.45. The molecule has 1 aromatic heterocycles. The fourth-order valence-corrected chi connectivity index (χ4v) is 2.39. The van der Waals surface area contributed by atoms with Crippen LogP contribution >= 0.6 is 11.3 Å². The Morgan fingerprint density at radius 2 is 2.44 bits per heavy atom. The van der Waals surface area contributed by atoms with E-state index >= 15 is 0 Å². The van der Waals surface area contributed by atoms with Crippen molar-refractivity contribution in [1.29, 1.82) is 0 Å². The summed E-state index contributed by atoms with van der Waals surface area (Å²) in [5.74, 6) is 0. The van der Waals surface area contributed by atoms with Crippen LogP contribution in [-0.4, -0.2) is 17.6 Å². The highest BCUT2D eigenvalue weighted by Gasteiger charge is 2.01. The molecule has 0 aliphatic rings. The molecule has 0 aliphatic heterocycles. The normalized spacial score (nSPS) is 12.6. The van der Waals surface area contributed by atoms with Gasteiger partial charge in [0.25, 0.3) is 0 Å². The van der Waals surface area contributed by atoms with Gasteiger partial charge in [-0.05, 0) is 39.7 Å². The number of nitrogens with zero attached hydrogens (tertiary/aromatic N) is 1. The lowest BCUT2D eigenvalue weighted by molar-refractivity contribution is 0.510. The van der Waals surface area contributed by atoms with Crippen molar-refractivity contribution in [3.8, 4) is 0 Å². The van der Waals surface area contributed by atoms with Gasteiger partial charge >= 0.3 is 0 Å². The zero-order chi connectivity index (χ0) is 11.8. The Labute approximate surface area is 103 Å². The van der Waals surface area contributed by atoms with Gasteiger partial charge in [0.2, 0.25) is 0 Å². The summed E-state index contributed by atoms with van der Waals surface area (Å²) in [5, 5.41) is 6.91. The number of hydrogen-bond acceptors (Lipinski definition) is 3. The molecule has 1 atom stereocenters. The van der Waals surface area contributed by atoms with Gasteiger partial charge in [0.15, 0.2) is 0 Å². The van der Waals surface area contributed by atoms with Gasteiger partial charge in [-0.15, -0.1) is 17.9 Å². The van der Waals surface area contributed by atoms with E-state index in [4.69, 9.17) is 0 Å². The molecule has 0 bridgehead atoms. The minimum atomic E-state index is 0.594. The van der Waals surface area contributed by atoms with Crippen LogP contribution in [0.3, 0.4) is 0 Å². The van der Waals surface area contributed by atoms with Crippen molar-refractivity contribution in [1.82, 2.24) is 10.3 Å². The van der Waals surface area contributed by atoms with Gasteiger partial charge in [0.1, 0.15) is 0 Å². The molecule has 0 amide bonds. The third kappa shape index (κ3) is 5.42. The smallest absolute Gasteiger partial charge is 0.0928 e. The average molecular weight is 238 g/mol. The zero-order valence-corrected chi connectivity index (χ0v) is 11.1. The molecule has 1 unspecified atom stereocenters. The van der Waals surface area contributed by atoms with E-state index in [1.165, 1.54) is 17.8 Å². The van der Waals surface area contributed by atoms with Crippen LogP contribution in [0.15, 0.2) is 18.0 Å². The third-order valence-electron chi connectivity index (χ3n) is 2.53. The monoisotopic (exact) mass is 238 g/mol. The molecule has 1 heterocycles. The number of aromatic nitrogens is 1. The fourth-order valence-electron chi connectivity index (χ4n) is 1.58. The van der Waals surface area contributed by atoms with Crippen molar-refractivity contribution >= 4 is 11.3 Å². The van der Waals surface area contributed by atoms with E-state index in [9.17, 15) is 0 Å². The molecular formula is C13H22N2S. The standard InChI is InChI=1S/C13H22N2S/c1-4-5-7-11(2)14-9-6-8-13-15-12(3)10-16-13/h4,10-11,14H,1,5-9H2,2-3H3. The van der Waals surface area contributed by atoms with Crippen LogP contribution in [0.5, 0.6) is 0 Å². The van der Waals surface area contributed by atoms with Crippen molar-refractivity contribution in [2.24, 2.45) is 0 Å². The van der Waals surface area contributed by atoms with Crippen LogP contribution in [-0.2, 0) is 6.42 Å². The first-order valence-corrected chi connectivity index (χ1v) is 6.85. The second-order valence-electron chi connectivity index (χ2n) is 4.21. The lowest BCUT2D eigenvalue weighted by atomic mass is 10.2. The number of allylic oxidation sites excluding steroid dienone is 1. The van der Waals surface area contributed by atoms with Crippen molar-refractivity contribution in [2.75, 3.05) is 6.54 Å². The maximum absolute atomic E-state index is 4.45. The maximum Gasteiger partial charge on any atom is 0.0928 e. The van der Waals surface area contributed by atoms with E-state index in [0.717, 1.165) is 25.1 Å². The molecule has 1 N–H and O–H groups in total. The Hall–Kier alpha value is -0.670. The molecule has 0 aliphatic carbocycles. The molecule has 3 heteroatoms. The van der Waals surface area contributed by atoms with Gasteiger partial charge in [-0.1, -0.05) is 6.08 Å². The summed E-state index contributed by atoms with van der Waals surface area (Å²) in [7, 11) is 0. The van der Waals surface area contributed by atoms with Gasteiger partial charge in [0.05, 0.1) is 5.01 Å². The van der Waals surface area contributed by atoms with Crippen molar-refractivity contribution in [3.05, 3.63) is 28.7 Å². The number of aryl methyl sites for hydroxylation is 2. The number of hydrogen-bond donors (Lipinski definition) is 1. The first kappa shape index (κ1) is 13.4. The minimum absolute atomic E-state index is 0.594. The molecule has 1 rings (SSSR count).